The van der Waals surface area contributed by atoms with Gasteiger partial charge < -0.3 is 19.6 Å². The number of benzene rings is 12. The van der Waals surface area contributed by atoms with Crippen LogP contribution in [0.15, 0.2) is 231 Å². The Morgan fingerprint density at radius 2 is 0.315 bits per heavy atom. The van der Waals surface area contributed by atoms with Crippen LogP contribution in [-0.2, 0) is 51.4 Å². The van der Waals surface area contributed by atoms with E-state index in [0.717, 1.165) is 51.4 Å². The maximum Gasteiger partial charge on any atom is 0.0680 e. The van der Waals surface area contributed by atoms with Crippen LogP contribution in [0.4, 0.5) is 68.2 Å². The van der Waals surface area contributed by atoms with E-state index >= 15 is 0 Å². The van der Waals surface area contributed by atoms with Crippen LogP contribution >= 0.6 is 90.7 Å². The summed E-state index contributed by atoms with van der Waals surface area (Å²) in [5.74, 6) is 0. The first-order valence-corrected chi connectivity index (χ1v) is 44.8. The van der Waals surface area contributed by atoms with E-state index in [1.807, 2.05) is 90.7 Å². The maximum atomic E-state index is 2.81. The fraction of sp³-hybridized carbons (Fsp3) is 0.167. The summed E-state index contributed by atoms with van der Waals surface area (Å²) in [4.78, 5) is 22.2. The molecule has 0 radical (unpaired) electrons. The van der Waals surface area contributed by atoms with E-state index in [1.54, 1.807) is 0 Å². The third-order valence-corrected chi connectivity index (χ3v) is 32.7. The fourth-order valence-electron chi connectivity index (χ4n) is 17.6. The number of aryl methyl sites for hydroxylation is 8. The second-order valence-electron chi connectivity index (χ2n) is 28.0. The zero-order chi connectivity index (χ0) is 72.7. The van der Waals surface area contributed by atoms with Gasteiger partial charge in [-0.3, -0.25) is 0 Å². The van der Waals surface area contributed by atoms with E-state index in [4.69, 9.17) is 0 Å². The van der Waals surface area contributed by atoms with Crippen molar-refractivity contribution in [1.29, 1.82) is 0 Å². The number of anilines is 12. The molecule has 12 heteroatoms. The minimum Gasteiger partial charge on any atom is -0.306 e. The van der Waals surface area contributed by atoms with Crippen LogP contribution in [0.5, 0.6) is 0 Å². The van der Waals surface area contributed by atoms with Gasteiger partial charge in [0.1, 0.15) is 0 Å². The number of hydrogen-bond acceptors (Lipinski definition) is 12. The zero-order valence-corrected chi connectivity index (χ0v) is 68.2. The van der Waals surface area contributed by atoms with E-state index < -0.39 is 0 Å². The third-order valence-electron chi connectivity index (χ3n) is 22.2. The lowest BCUT2D eigenvalue weighted by atomic mass is 9.88. The molecule has 4 nitrogen and oxygen atoms in total. The van der Waals surface area contributed by atoms with Crippen molar-refractivity contribution in [2.45, 2.75) is 107 Å². The molecule has 0 amide bonds. The molecule has 20 rings (SSSR count). The van der Waals surface area contributed by atoms with Crippen molar-refractivity contribution >= 4 is 272 Å². The minimum atomic E-state index is 0.876. The molecule has 0 unspecified atom stereocenters. The van der Waals surface area contributed by atoms with Crippen molar-refractivity contribution in [2.75, 3.05) is 19.6 Å². The largest absolute Gasteiger partial charge is 0.306 e. The van der Waals surface area contributed by atoms with Crippen molar-refractivity contribution in [3.05, 3.63) is 270 Å². The van der Waals surface area contributed by atoms with Crippen molar-refractivity contribution in [1.82, 2.24) is 0 Å². The number of rotatable bonds is 20. The summed E-state index contributed by atoms with van der Waals surface area (Å²) in [6.45, 7) is 19.0. The van der Waals surface area contributed by atoms with Crippen LogP contribution in [-0.4, -0.2) is 0 Å². The molecule has 0 spiro atoms. The van der Waals surface area contributed by atoms with E-state index in [0.29, 0.717) is 0 Å². The molecular formula is C96H78N4S8. The highest BCUT2D eigenvalue weighted by molar-refractivity contribution is 7.22. The molecule has 0 atom stereocenters. The van der Waals surface area contributed by atoms with Crippen molar-refractivity contribution in [3.63, 3.8) is 0 Å². The lowest BCUT2D eigenvalue weighted by Crippen LogP contribution is -2.18. The highest BCUT2D eigenvalue weighted by Crippen LogP contribution is 2.63. The van der Waals surface area contributed by atoms with Gasteiger partial charge in [-0.15, -0.1) is 90.7 Å². The summed E-state index contributed by atoms with van der Waals surface area (Å²) < 4.78 is 10.4. The minimum absolute atomic E-state index is 0.876. The Hall–Kier alpha value is -9.44. The number of hydrogen-bond donors (Lipinski definition) is 0. The molecule has 0 N–H and O–H groups in total. The predicted octanol–water partition coefficient (Wildman–Crippen LogP) is 32.7. The second kappa shape index (κ2) is 27.3. The Balaban J connectivity index is 1.06. The van der Waals surface area contributed by atoms with Crippen molar-refractivity contribution in [3.8, 4) is 0 Å². The Morgan fingerprint density at radius 3 is 0.454 bits per heavy atom. The van der Waals surface area contributed by atoms with Gasteiger partial charge in [0, 0.05) is 152 Å². The van der Waals surface area contributed by atoms with Crippen molar-refractivity contribution in [2.24, 2.45) is 0 Å². The Kier molecular flexibility index (Phi) is 17.2. The van der Waals surface area contributed by atoms with Gasteiger partial charge in [-0.05, 0) is 112 Å². The van der Waals surface area contributed by atoms with Crippen LogP contribution in [0.2, 0.25) is 0 Å². The zero-order valence-electron chi connectivity index (χ0n) is 61.7. The molecule has 0 aliphatic carbocycles. The number of fused-ring (bicyclic) bond motifs is 8. The number of nitrogens with zero attached hydrogens (tertiary/aromatic N) is 4. The van der Waals surface area contributed by atoms with Crippen LogP contribution in [0.1, 0.15) is 94.4 Å². The average Bonchev–Trinajstić information content (AvgIpc) is 1.00. The van der Waals surface area contributed by atoms with Gasteiger partial charge in [0.2, 0.25) is 0 Å². The number of thiophene rings is 8. The van der Waals surface area contributed by atoms with Crippen LogP contribution < -0.4 is 19.6 Å². The molecule has 0 aliphatic rings. The molecule has 20 aromatic rings. The first kappa shape index (κ1) is 67.9. The average molecular weight is 1540 g/mol. The molecular weight excluding hydrogens is 1470 g/mol. The lowest BCUT2D eigenvalue weighted by Gasteiger charge is -2.35. The summed E-state index contributed by atoms with van der Waals surface area (Å²) in [5.41, 5.74) is 14.9. The summed E-state index contributed by atoms with van der Waals surface area (Å²) in [7, 11) is 0. The van der Waals surface area contributed by atoms with Gasteiger partial charge in [-0.25, -0.2) is 0 Å². The Morgan fingerprint density at radius 1 is 0.176 bits per heavy atom. The summed E-state index contributed by atoms with van der Waals surface area (Å²) in [6.07, 6.45) is 7.01. The normalized spacial score (nSPS) is 12.2. The fourth-order valence-corrected chi connectivity index (χ4v) is 26.6. The molecule has 530 valence electrons. The highest BCUT2D eigenvalue weighted by Gasteiger charge is 2.38. The van der Waals surface area contributed by atoms with E-state index in [9.17, 15) is 0 Å². The molecule has 108 heavy (non-hydrogen) atoms. The van der Waals surface area contributed by atoms with E-state index in [-0.39, 0.29) is 0 Å². The molecule has 0 aliphatic heterocycles. The quantitative estimate of drug-likeness (QED) is 0.0705. The van der Waals surface area contributed by atoms with Gasteiger partial charge in [-0.2, -0.15) is 0 Å². The van der Waals surface area contributed by atoms with Crippen LogP contribution in [0.25, 0.3) is 113 Å². The molecule has 8 heterocycles. The van der Waals surface area contributed by atoms with Gasteiger partial charge in [0.25, 0.3) is 0 Å². The second-order valence-corrected chi connectivity index (χ2v) is 37.1. The molecule has 0 saturated carbocycles. The van der Waals surface area contributed by atoms with E-state index in [2.05, 4.69) is 306 Å². The van der Waals surface area contributed by atoms with E-state index in [1.165, 1.54) is 220 Å². The molecule has 0 fully saturated rings. The van der Waals surface area contributed by atoms with Gasteiger partial charge >= 0.3 is 0 Å². The van der Waals surface area contributed by atoms with Crippen LogP contribution in [0, 0.1) is 0 Å². The molecule has 0 saturated heterocycles. The molecule has 12 aromatic carbocycles. The standard InChI is InChI=1S/C96H78N4S8/c1-9-71-89(59-33-17-25-41-79(59)101-71)97(90-60-34-18-26-42-80(60)102-72(90)10-2)67-53-68(98(91-61-35-19-27-43-81(61)103-73(91)11-3)92-62-36-20-28-44-82(62)104-74(92)12-4)56-51-52-58-70(100(95-65-39-23-31-47-85(65)107-77(95)15-7)96-66-40-24-32-48-86(66)108-78(96)16-8)54-69(57-50-49-55(67)87(56)88(57)58)99(93-63-37-21-29-45-83(63)105-75(93)13-5)94-64-38-22-30-46-84(64)106-76(94)14-6/h17-54H,9-16H2,1-8H3. The van der Waals surface area contributed by atoms with Gasteiger partial charge in [-0.1, -0.05) is 225 Å². The third kappa shape index (κ3) is 10.3. The molecule has 0 bridgehead atoms. The first-order chi connectivity index (χ1) is 53.3. The highest BCUT2D eigenvalue weighted by atomic mass is 32.1. The Bertz CT molecular complexity index is 5790. The Labute approximate surface area is 661 Å². The summed E-state index contributed by atoms with van der Waals surface area (Å²) >= 11 is 15.7. The summed E-state index contributed by atoms with van der Waals surface area (Å²) in [6, 6.07) is 89.8. The van der Waals surface area contributed by atoms with Crippen LogP contribution in [0.3, 0.4) is 0 Å². The van der Waals surface area contributed by atoms with Gasteiger partial charge in [0.15, 0.2) is 0 Å². The van der Waals surface area contributed by atoms with Gasteiger partial charge in [0.05, 0.1) is 68.2 Å². The van der Waals surface area contributed by atoms with Crippen molar-refractivity contribution < 1.29 is 0 Å². The first-order valence-electron chi connectivity index (χ1n) is 38.3. The topological polar surface area (TPSA) is 13.0 Å². The monoisotopic (exact) mass is 1540 g/mol. The maximum absolute atomic E-state index is 2.81. The smallest absolute Gasteiger partial charge is 0.0680 e. The predicted molar refractivity (Wildman–Crippen MR) is 487 cm³/mol. The molecule has 8 aromatic heterocycles. The lowest BCUT2D eigenvalue weighted by molar-refractivity contribution is 1.13. The summed E-state index contributed by atoms with van der Waals surface area (Å²) in [5, 5.41) is 17.6. The SMILES string of the molecule is CCc1sc2ccccc2c1N(c1c(CC)sc2ccccc12)c1cc(N(c2c(CC)sc3ccccc23)c2c(CC)sc3ccccc23)c2ccc3c(N(c4c(CC)sc5ccccc45)c4c(CC)sc5ccccc45)cc(N(c4c(CC)sc5ccccc45)c4c(CC)sc5ccccc45)c4ccc1c2c43.